The van der Waals surface area contributed by atoms with Gasteiger partial charge in [-0.3, -0.25) is 4.90 Å². The van der Waals surface area contributed by atoms with E-state index in [9.17, 15) is 5.11 Å². The highest BCUT2D eigenvalue weighted by molar-refractivity contribution is 4.87. The third-order valence-electron chi connectivity index (χ3n) is 3.01. The Morgan fingerprint density at radius 2 is 2.23 bits per heavy atom. The van der Waals surface area contributed by atoms with Gasteiger partial charge >= 0.3 is 0 Å². The molecule has 1 saturated heterocycles. The summed E-state index contributed by atoms with van der Waals surface area (Å²) in [6.45, 7) is 7.22. The highest BCUT2D eigenvalue weighted by Gasteiger charge is 2.28. The smallest absolute Gasteiger partial charge is 0.0831 e. The molecule has 78 valence electrons. The van der Waals surface area contributed by atoms with Gasteiger partial charge in [0.05, 0.1) is 6.10 Å². The Morgan fingerprint density at radius 1 is 1.54 bits per heavy atom. The third kappa shape index (κ3) is 2.93. The molecule has 0 bridgehead atoms. The van der Waals surface area contributed by atoms with Crippen LogP contribution in [0.2, 0.25) is 0 Å². The predicted molar refractivity (Wildman–Crippen MR) is 54.7 cm³/mol. The van der Waals surface area contributed by atoms with Crippen molar-refractivity contribution in [2.24, 2.45) is 5.92 Å². The molecule has 0 radical (unpaired) electrons. The van der Waals surface area contributed by atoms with Crippen LogP contribution in [0.5, 0.6) is 0 Å². The first kappa shape index (κ1) is 11.0. The summed E-state index contributed by atoms with van der Waals surface area (Å²) in [5, 5.41) is 12.8. The van der Waals surface area contributed by atoms with E-state index in [1.165, 1.54) is 6.42 Å². The summed E-state index contributed by atoms with van der Waals surface area (Å²) in [5.74, 6) is 0.720. The summed E-state index contributed by atoms with van der Waals surface area (Å²) >= 11 is 0. The van der Waals surface area contributed by atoms with Crippen LogP contribution in [0.3, 0.4) is 0 Å². The van der Waals surface area contributed by atoms with Gasteiger partial charge in [0.25, 0.3) is 0 Å². The lowest BCUT2D eigenvalue weighted by Crippen LogP contribution is -2.42. The van der Waals surface area contributed by atoms with Crippen LogP contribution in [0.1, 0.15) is 20.3 Å². The zero-order valence-electron chi connectivity index (χ0n) is 8.95. The minimum atomic E-state index is -0.186. The molecule has 1 aliphatic rings. The molecule has 1 aliphatic heterocycles. The molecule has 0 aromatic heterocycles. The maximum absolute atomic E-state index is 9.64. The van der Waals surface area contributed by atoms with Crippen LogP contribution in [0, 0.1) is 5.92 Å². The molecule has 0 spiro atoms. The highest BCUT2D eigenvalue weighted by atomic mass is 16.3. The fourth-order valence-electron chi connectivity index (χ4n) is 1.86. The molecule has 3 heteroatoms. The number of likely N-dealkylation sites (N-methyl/N-ethyl adjacent to an activating group) is 1. The van der Waals surface area contributed by atoms with Crippen LogP contribution >= 0.6 is 0 Å². The van der Waals surface area contributed by atoms with Crippen molar-refractivity contribution in [1.82, 2.24) is 10.2 Å². The first-order chi connectivity index (χ1) is 6.15. The van der Waals surface area contributed by atoms with Crippen molar-refractivity contribution in [3.8, 4) is 0 Å². The fourth-order valence-corrected chi connectivity index (χ4v) is 1.86. The van der Waals surface area contributed by atoms with Crippen molar-refractivity contribution in [3.05, 3.63) is 0 Å². The average molecular weight is 186 g/mol. The number of rotatable bonds is 4. The molecule has 1 fully saturated rings. The van der Waals surface area contributed by atoms with Crippen LogP contribution in [0.15, 0.2) is 0 Å². The molecule has 1 rings (SSSR count). The molecule has 0 amide bonds. The quantitative estimate of drug-likeness (QED) is 0.663. The van der Waals surface area contributed by atoms with Gasteiger partial charge in [0.1, 0.15) is 0 Å². The van der Waals surface area contributed by atoms with E-state index >= 15 is 0 Å². The molecule has 3 unspecified atom stereocenters. The first-order valence-corrected chi connectivity index (χ1v) is 5.24. The molecule has 0 aromatic carbocycles. The molecule has 13 heavy (non-hydrogen) atoms. The van der Waals surface area contributed by atoms with Gasteiger partial charge in [0.15, 0.2) is 0 Å². The normalized spacial score (nSPS) is 31.2. The molecular weight excluding hydrogens is 164 g/mol. The van der Waals surface area contributed by atoms with E-state index in [1.807, 2.05) is 0 Å². The average Bonchev–Trinajstić information content (AvgIpc) is 2.51. The minimum absolute atomic E-state index is 0.186. The number of aliphatic hydroxyl groups excluding tert-OH is 1. The van der Waals surface area contributed by atoms with Crippen LogP contribution in [-0.4, -0.2) is 48.8 Å². The maximum Gasteiger partial charge on any atom is 0.0831 e. The van der Waals surface area contributed by atoms with Gasteiger partial charge in [-0.25, -0.2) is 0 Å². The van der Waals surface area contributed by atoms with E-state index in [0.29, 0.717) is 6.04 Å². The molecular formula is C10H22N2O. The van der Waals surface area contributed by atoms with Gasteiger partial charge in [-0.1, -0.05) is 20.3 Å². The Bertz CT molecular complexity index is 152. The van der Waals surface area contributed by atoms with Crippen molar-refractivity contribution in [3.63, 3.8) is 0 Å². The van der Waals surface area contributed by atoms with Crippen LogP contribution < -0.4 is 5.32 Å². The van der Waals surface area contributed by atoms with Crippen LogP contribution in [0.25, 0.3) is 0 Å². The van der Waals surface area contributed by atoms with Gasteiger partial charge in [0, 0.05) is 25.7 Å². The number of aliphatic hydroxyl groups is 1. The largest absolute Gasteiger partial charge is 0.390 e. The summed E-state index contributed by atoms with van der Waals surface area (Å²) < 4.78 is 0. The molecule has 3 nitrogen and oxygen atoms in total. The molecule has 1 heterocycles. The van der Waals surface area contributed by atoms with Gasteiger partial charge in [-0.2, -0.15) is 0 Å². The lowest BCUT2D eigenvalue weighted by molar-refractivity contribution is 0.0909. The van der Waals surface area contributed by atoms with Crippen molar-refractivity contribution in [1.29, 1.82) is 0 Å². The zero-order valence-corrected chi connectivity index (χ0v) is 8.95. The second-order valence-electron chi connectivity index (χ2n) is 4.25. The van der Waals surface area contributed by atoms with E-state index in [4.69, 9.17) is 0 Å². The second kappa shape index (κ2) is 4.94. The van der Waals surface area contributed by atoms with Gasteiger partial charge in [0.2, 0.25) is 0 Å². The molecule has 2 N–H and O–H groups in total. The predicted octanol–water partition coefficient (Wildman–Crippen LogP) is 0.297. The summed E-state index contributed by atoms with van der Waals surface area (Å²) in [7, 11) is 2.10. The summed E-state index contributed by atoms with van der Waals surface area (Å²) in [5.41, 5.74) is 0. The van der Waals surface area contributed by atoms with E-state index < -0.39 is 0 Å². The summed E-state index contributed by atoms with van der Waals surface area (Å²) in [6, 6.07) is 0.314. The number of β-amino-alcohol motifs (C(OH)–C–C–N with tert-alkyl or cyclic N) is 1. The number of nitrogens with one attached hydrogen (secondary N) is 1. The Morgan fingerprint density at radius 3 is 2.69 bits per heavy atom. The second-order valence-corrected chi connectivity index (χ2v) is 4.25. The lowest BCUT2D eigenvalue weighted by Gasteiger charge is -2.28. The van der Waals surface area contributed by atoms with Crippen molar-refractivity contribution >= 4 is 0 Å². The molecule has 3 atom stereocenters. The highest BCUT2D eigenvalue weighted by Crippen LogP contribution is 2.11. The number of hydrogen-bond acceptors (Lipinski definition) is 3. The lowest BCUT2D eigenvalue weighted by atomic mass is 10.1. The van der Waals surface area contributed by atoms with Gasteiger partial charge in [-0.05, 0) is 13.0 Å². The van der Waals surface area contributed by atoms with Crippen molar-refractivity contribution < 1.29 is 5.11 Å². The van der Waals surface area contributed by atoms with Gasteiger partial charge < -0.3 is 10.4 Å². The Hall–Kier alpha value is -0.120. The van der Waals surface area contributed by atoms with E-state index in [1.54, 1.807) is 0 Å². The van der Waals surface area contributed by atoms with E-state index in [-0.39, 0.29) is 6.10 Å². The molecule has 0 saturated carbocycles. The topological polar surface area (TPSA) is 35.5 Å². The number of nitrogens with zero attached hydrogens (tertiary/aromatic N) is 1. The summed E-state index contributed by atoms with van der Waals surface area (Å²) in [6.07, 6.45) is 1.02. The fraction of sp³-hybridized carbons (Fsp3) is 1.00. The first-order valence-electron chi connectivity index (χ1n) is 5.24. The van der Waals surface area contributed by atoms with Gasteiger partial charge in [-0.15, -0.1) is 0 Å². The van der Waals surface area contributed by atoms with E-state index in [2.05, 4.69) is 31.1 Å². The van der Waals surface area contributed by atoms with Crippen LogP contribution in [-0.2, 0) is 0 Å². The molecule has 0 aromatic rings. The van der Waals surface area contributed by atoms with Crippen molar-refractivity contribution in [2.75, 3.05) is 26.7 Å². The standard InChI is InChI=1S/C10H22N2O/c1-4-8(2)7-12(3)9-5-11-6-10(9)13/h8-11,13H,4-7H2,1-3H3. The SMILES string of the molecule is CCC(C)CN(C)C1CNCC1O. The Kier molecular flexibility index (Phi) is 4.16. The zero-order chi connectivity index (χ0) is 9.84. The van der Waals surface area contributed by atoms with E-state index in [0.717, 1.165) is 25.6 Å². The minimum Gasteiger partial charge on any atom is -0.390 e. The number of hydrogen-bond donors (Lipinski definition) is 2. The van der Waals surface area contributed by atoms with Crippen molar-refractivity contribution in [2.45, 2.75) is 32.4 Å². The molecule has 0 aliphatic carbocycles. The monoisotopic (exact) mass is 186 g/mol. The maximum atomic E-state index is 9.64. The Balaban J connectivity index is 2.33. The Labute approximate surface area is 81.1 Å². The summed E-state index contributed by atoms with van der Waals surface area (Å²) in [4.78, 5) is 2.28. The third-order valence-corrected chi connectivity index (χ3v) is 3.01. The van der Waals surface area contributed by atoms with Crippen LogP contribution in [0.4, 0.5) is 0 Å².